The summed E-state index contributed by atoms with van der Waals surface area (Å²) in [7, 11) is 0. The number of benzene rings is 1. The van der Waals surface area contributed by atoms with Crippen LogP contribution in [-0.4, -0.2) is 37.0 Å². The highest BCUT2D eigenvalue weighted by Gasteiger charge is 2.53. The maximum absolute atomic E-state index is 13.2. The van der Waals surface area contributed by atoms with Crippen LogP contribution in [0.25, 0.3) is 0 Å². The number of hydrogen-bond acceptors (Lipinski definition) is 2. The molecule has 0 spiro atoms. The zero-order valence-electron chi connectivity index (χ0n) is 13.9. The van der Waals surface area contributed by atoms with Gasteiger partial charge in [0.05, 0.1) is 5.41 Å². The molecule has 1 saturated carbocycles. The summed E-state index contributed by atoms with van der Waals surface area (Å²) in [5.74, 6) is 1.97. The van der Waals surface area contributed by atoms with Crippen LogP contribution in [0.15, 0.2) is 24.3 Å². The monoisotopic (exact) mass is 334 g/mol. The average molecular weight is 335 g/mol. The van der Waals surface area contributed by atoms with E-state index in [2.05, 4.69) is 41.4 Å². The van der Waals surface area contributed by atoms with Crippen molar-refractivity contribution >= 4 is 18.3 Å². The smallest absolute Gasteiger partial charge is 0.233 e. The van der Waals surface area contributed by atoms with Gasteiger partial charge < -0.3 is 10.2 Å². The second kappa shape index (κ2) is 6.45. The van der Waals surface area contributed by atoms with Crippen molar-refractivity contribution < 1.29 is 4.79 Å². The molecule has 2 aliphatic heterocycles. The Kier molecular flexibility index (Phi) is 4.70. The number of hydrogen-bond donors (Lipinski definition) is 1. The predicted octanol–water partition coefficient (Wildman–Crippen LogP) is 2.91. The molecule has 23 heavy (non-hydrogen) atoms. The molecule has 2 heterocycles. The molecule has 0 aromatic heterocycles. The van der Waals surface area contributed by atoms with Crippen LogP contribution in [0.2, 0.25) is 0 Å². The van der Waals surface area contributed by atoms with Gasteiger partial charge in [-0.15, -0.1) is 12.4 Å². The minimum absolute atomic E-state index is 0. The molecular weight excluding hydrogens is 308 g/mol. The van der Waals surface area contributed by atoms with Crippen molar-refractivity contribution in [1.82, 2.24) is 10.2 Å². The highest BCUT2D eigenvalue weighted by molar-refractivity contribution is 5.91. The van der Waals surface area contributed by atoms with Crippen molar-refractivity contribution in [2.75, 3.05) is 26.2 Å². The first-order valence-corrected chi connectivity index (χ1v) is 8.77. The van der Waals surface area contributed by atoms with Crippen molar-refractivity contribution in [1.29, 1.82) is 0 Å². The fourth-order valence-electron chi connectivity index (χ4n) is 4.56. The molecule has 0 bridgehead atoms. The molecule has 1 amide bonds. The Labute approximate surface area is 145 Å². The van der Waals surface area contributed by atoms with Gasteiger partial charge in [0, 0.05) is 13.1 Å². The molecule has 1 aromatic rings. The molecular formula is C19H27ClN2O. The molecule has 3 nitrogen and oxygen atoms in total. The molecule has 1 aliphatic carbocycles. The zero-order valence-corrected chi connectivity index (χ0v) is 14.7. The number of amides is 1. The predicted molar refractivity (Wildman–Crippen MR) is 95.0 cm³/mol. The normalized spacial score (nSPS) is 28.5. The lowest BCUT2D eigenvalue weighted by Gasteiger charge is -2.27. The summed E-state index contributed by atoms with van der Waals surface area (Å²) in [5.41, 5.74) is 2.35. The summed E-state index contributed by atoms with van der Waals surface area (Å²) in [4.78, 5) is 15.4. The quantitative estimate of drug-likeness (QED) is 0.902. The molecule has 4 heteroatoms. The Balaban J connectivity index is 0.00000156. The standard InChI is InChI=1S/C19H26N2O.ClH/c1-14-4-2-3-5-17(14)19(8-9-19)18(22)21-10-6-15-12-20-13-16(15)7-11-21;/h2-5,15-16,20H,6-13H2,1H3;1H/t15-,16+;. The molecule has 2 atom stereocenters. The van der Waals surface area contributed by atoms with E-state index in [-0.39, 0.29) is 17.8 Å². The fourth-order valence-corrected chi connectivity index (χ4v) is 4.56. The van der Waals surface area contributed by atoms with Gasteiger partial charge in [-0.2, -0.15) is 0 Å². The van der Waals surface area contributed by atoms with Gasteiger partial charge >= 0.3 is 0 Å². The molecule has 1 N–H and O–H groups in total. The van der Waals surface area contributed by atoms with Gasteiger partial charge in [-0.05, 0) is 68.7 Å². The van der Waals surface area contributed by atoms with Crippen molar-refractivity contribution in [2.45, 2.75) is 38.0 Å². The first-order valence-electron chi connectivity index (χ1n) is 8.77. The second-order valence-electron chi connectivity index (χ2n) is 7.44. The zero-order chi connectivity index (χ0) is 15.2. The summed E-state index contributed by atoms with van der Waals surface area (Å²) in [6, 6.07) is 8.45. The fraction of sp³-hybridized carbons (Fsp3) is 0.632. The summed E-state index contributed by atoms with van der Waals surface area (Å²) in [5, 5.41) is 3.51. The van der Waals surface area contributed by atoms with Crippen LogP contribution in [0.1, 0.15) is 36.8 Å². The second-order valence-corrected chi connectivity index (χ2v) is 7.44. The molecule has 126 valence electrons. The minimum Gasteiger partial charge on any atom is -0.342 e. The van der Waals surface area contributed by atoms with Crippen LogP contribution < -0.4 is 5.32 Å². The Hall–Kier alpha value is -1.06. The Morgan fingerprint density at radius 3 is 2.30 bits per heavy atom. The van der Waals surface area contributed by atoms with Crippen molar-refractivity contribution in [2.24, 2.45) is 11.8 Å². The van der Waals surface area contributed by atoms with E-state index >= 15 is 0 Å². The van der Waals surface area contributed by atoms with E-state index in [4.69, 9.17) is 0 Å². The summed E-state index contributed by atoms with van der Waals surface area (Å²) < 4.78 is 0. The number of likely N-dealkylation sites (tertiary alicyclic amines) is 1. The number of rotatable bonds is 2. The highest BCUT2D eigenvalue weighted by Crippen LogP contribution is 2.51. The van der Waals surface area contributed by atoms with Crippen LogP contribution in [0.5, 0.6) is 0 Å². The minimum atomic E-state index is -0.191. The summed E-state index contributed by atoms with van der Waals surface area (Å²) in [6.45, 7) is 6.34. The Morgan fingerprint density at radius 2 is 1.74 bits per heavy atom. The first-order chi connectivity index (χ1) is 10.7. The van der Waals surface area contributed by atoms with Gasteiger partial charge in [0.15, 0.2) is 0 Å². The highest BCUT2D eigenvalue weighted by atomic mass is 35.5. The molecule has 4 rings (SSSR count). The van der Waals surface area contributed by atoms with Crippen molar-refractivity contribution in [3.8, 4) is 0 Å². The topological polar surface area (TPSA) is 32.3 Å². The van der Waals surface area contributed by atoms with E-state index in [0.29, 0.717) is 5.91 Å². The number of fused-ring (bicyclic) bond motifs is 1. The van der Waals surface area contributed by atoms with Crippen LogP contribution in [0.3, 0.4) is 0 Å². The van der Waals surface area contributed by atoms with Gasteiger partial charge in [-0.3, -0.25) is 4.79 Å². The first kappa shape index (κ1) is 16.8. The molecule has 0 radical (unpaired) electrons. The third-order valence-electron chi connectivity index (χ3n) is 6.13. The number of carbonyl (C=O) groups excluding carboxylic acids is 1. The SMILES string of the molecule is Cc1ccccc1C1(C(=O)N2CC[C@@H]3CNC[C@@H]3CC2)CC1.Cl. The van der Waals surface area contributed by atoms with E-state index < -0.39 is 0 Å². The van der Waals surface area contributed by atoms with Gasteiger partial charge in [0.1, 0.15) is 0 Å². The third-order valence-corrected chi connectivity index (χ3v) is 6.13. The van der Waals surface area contributed by atoms with Gasteiger partial charge in [-0.1, -0.05) is 24.3 Å². The number of nitrogens with zero attached hydrogens (tertiary/aromatic N) is 1. The number of halogens is 1. The third kappa shape index (κ3) is 2.89. The Bertz CT molecular complexity index is 570. The number of nitrogens with one attached hydrogen (secondary N) is 1. The average Bonchev–Trinajstić information content (AvgIpc) is 3.26. The lowest BCUT2D eigenvalue weighted by atomic mass is 9.90. The lowest BCUT2D eigenvalue weighted by molar-refractivity contribution is -0.134. The number of aryl methyl sites for hydroxylation is 1. The summed E-state index contributed by atoms with van der Waals surface area (Å²) in [6.07, 6.45) is 4.41. The van der Waals surface area contributed by atoms with E-state index in [1.165, 1.54) is 24.0 Å². The molecule has 3 fully saturated rings. The van der Waals surface area contributed by atoms with Crippen LogP contribution in [-0.2, 0) is 10.2 Å². The lowest BCUT2D eigenvalue weighted by Crippen LogP contribution is -2.40. The molecule has 2 saturated heterocycles. The molecule has 1 aromatic carbocycles. The van der Waals surface area contributed by atoms with Gasteiger partial charge in [0.25, 0.3) is 0 Å². The van der Waals surface area contributed by atoms with Crippen LogP contribution in [0, 0.1) is 18.8 Å². The van der Waals surface area contributed by atoms with Crippen LogP contribution >= 0.6 is 12.4 Å². The van der Waals surface area contributed by atoms with Crippen LogP contribution in [0.4, 0.5) is 0 Å². The van der Waals surface area contributed by atoms with Crippen molar-refractivity contribution in [3.63, 3.8) is 0 Å². The summed E-state index contributed by atoms with van der Waals surface area (Å²) >= 11 is 0. The maximum atomic E-state index is 13.2. The number of carbonyl (C=O) groups is 1. The van der Waals surface area contributed by atoms with E-state index in [9.17, 15) is 4.79 Å². The van der Waals surface area contributed by atoms with Gasteiger partial charge in [0.2, 0.25) is 5.91 Å². The van der Waals surface area contributed by atoms with E-state index in [1.54, 1.807) is 0 Å². The molecule has 0 unspecified atom stereocenters. The van der Waals surface area contributed by atoms with E-state index in [0.717, 1.165) is 50.9 Å². The maximum Gasteiger partial charge on any atom is 0.233 e. The molecule has 3 aliphatic rings. The van der Waals surface area contributed by atoms with E-state index in [1.807, 2.05) is 0 Å². The van der Waals surface area contributed by atoms with Gasteiger partial charge in [-0.25, -0.2) is 0 Å². The Morgan fingerprint density at radius 1 is 1.13 bits per heavy atom. The largest absolute Gasteiger partial charge is 0.342 e. The van der Waals surface area contributed by atoms with Crippen molar-refractivity contribution in [3.05, 3.63) is 35.4 Å².